The van der Waals surface area contributed by atoms with Crippen molar-refractivity contribution in [3.63, 3.8) is 0 Å². The molecule has 0 fully saturated rings. The van der Waals surface area contributed by atoms with Crippen molar-refractivity contribution in [2.45, 2.75) is 31.8 Å². The maximum atomic E-state index is 6.04. The van der Waals surface area contributed by atoms with E-state index in [1.54, 1.807) is 11.3 Å². The van der Waals surface area contributed by atoms with Crippen LogP contribution in [0.1, 0.15) is 35.7 Å². The van der Waals surface area contributed by atoms with Gasteiger partial charge in [-0.05, 0) is 31.2 Å². The Bertz CT molecular complexity index is 556. The van der Waals surface area contributed by atoms with E-state index in [4.69, 9.17) is 23.2 Å². The molecule has 1 aromatic heterocycles. The van der Waals surface area contributed by atoms with Gasteiger partial charge in [0.1, 0.15) is 5.01 Å². The van der Waals surface area contributed by atoms with Gasteiger partial charge in [-0.2, -0.15) is 0 Å². The van der Waals surface area contributed by atoms with Gasteiger partial charge in [-0.15, -0.1) is 22.9 Å². The van der Waals surface area contributed by atoms with Crippen molar-refractivity contribution in [3.8, 4) is 0 Å². The fourth-order valence-electron chi connectivity index (χ4n) is 2.25. The van der Waals surface area contributed by atoms with Gasteiger partial charge in [-0.3, -0.25) is 4.90 Å². The van der Waals surface area contributed by atoms with Gasteiger partial charge >= 0.3 is 0 Å². The molecule has 5 heteroatoms. The quantitative estimate of drug-likeness (QED) is 0.684. The van der Waals surface area contributed by atoms with Crippen LogP contribution in [0.2, 0.25) is 5.02 Å². The standard InChI is InChI=1S/C15H18Cl2N2S/c1-3-14(15-18-13(8-16)10-20-15)19(2)9-11-5-4-6-12(17)7-11/h4-7,10,14H,3,8-9H2,1-2H3. The fourth-order valence-corrected chi connectivity index (χ4v) is 3.75. The number of nitrogens with zero attached hydrogens (tertiary/aromatic N) is 2. The van der Waals surface area contributed by atoms with Crippen molar-refractivity contribution in [1.82, 2.24) is 9.88 Å². The maximum Gasteiger partial charge on any atom is 0.110 e. The Hall–Kier alpha value is -0.610. The Morgan fingerprint density at radius 1 is 1.40 bits per heavy atom. The number of hydrogen-bond donors (Lipinski definition) is 0. The average Bonchev–Trinajstić information content (AvgIpc) is 2.88. The van der Waals surface area contributed by atoms with Crippen LogP contribution in [-0.4, -0.2) is 16.9 Å². The molecule has 0 saturated carbocycles. The van der Waals surface area contributed by atoms with Crippen LogP contribution in [0.4, 0.5) is 0 Å². The normalized spacial score (nSPS) is 12.8. The lowest BCUT2D eigenvalue weighted by atomic mass is 10.1. The highest BCUT2D eigenvalue weighted by molar-refractivity contribution is 7.09. The lowest BCUT2D eigenvalue weighted by Gasteiger charge is -2.25. The zero-order valence-electron chi connectivity index (χ0n) is 11.6. The molecule has 0 N–H and O–H groups in total. The number of rotatable bonds is 6. The Morgan fingerprint density at radius 3 is 2.80 bits per heavy atom. The highest BCUT2D eigenvalue weighted by Gasteiger charge is 2.18. The Kier molecular flexibility index (Phi) is 5.85. The van der Waals surface area contributed by atoms with Crippen molar-refractivity contribution in [3.05, 3.63) is 50.9 Å². The molecular weight excluding hydrogens is 311 g/mol. The molecule has 1 heterocycles. The summed E-state index contributed by atoms with van der Waals surface area (Å²) in [6.07, 6.45) is 1.02. The SMILES string of the molecule is CCC(c1nc(CCl)cs1)N(C)Cc1cccc(Cl)c1. The van der Waals surface area contributed by atoms with Crippen LogP contribution in [0.5, 0.6) is 0 Å². The molecule has 0 radical (unpaired) electrons. The first-order valence-corrected chi connectivity index (χ1v) is 8.38. The number of hydrogen-bond acceptors (Lipinski definition) is 3. The fraction of sp³-hybridized carbons (Fsp3) is 0.400. The third-order valence-corrected chi connectivity index (χ3v) is 4.73. The molecule has 0 bridgehead atoms. The lowest BCUT2D eigenvalue weighted by molar-refractivity contribution is 0.230. The highest BCUT2D eigenvalue weighted by atomic mass is 35.5. The summed E-state index contributed by atoms with van der Waals surface area (Å²) >= 11 is 13.6. The van der Waals surface area contributed by atoms with Crippen LogP contribution < -0.4 is 0 Å². The Morgan fingerprint density at radius 2 is 2.20 bits per heavy atom. The Balaban J connectivity index is 2.10. The maximum absolute atomic E-state index is 6.04. The van der Waals surface area contributed by atoms with Crippen molar-refractivity contribution >= 4 is 34.5 Å². The number of benzene rings is 1. The van der Waals surface area contributed by atoms with Crippen LogP contribution in [0.15, 0.2) is 29.6 Å². The van der Waals surface area contributed by atoms with Gasteiger partial charge in [0.05, 0.1) is 17.6 Å². The largest absolute Gasteiger partial charge is 0.293 e. The van der Waals surface area contributed by atoms with Crippen LogP contribution in [0.25, 0.3) is 0 Å². The minimum atomic E-state index is 0.316. The van der Waals surface area contributed by atoms with E-state index in [1.807, 2.05) is 23.6 Å². The zero-order chi connectivity index (χ0) is 14.5. The van der Waals surface area contributed by atoms with Gasteiger partial charge < -0.3 is 0 Å². The van der Waals surface area contributed by atoms with E-state index >= 15 is 0 Å². The third-order valence-electron chi connectivity index (χ3n) is 3.23. The van der Waals surface area contributed by atoms with Gasteiger partial charge in [0.15, 0.2) is 0 Å². The summed E-state index contributed by atoms with van der Waals surface area (Å²) < 4.78 is 0. The number of halogens is 2. The molecule has 2 nitrogen and oxygen atoms in total. The summed E-state index contributed by atoms with van der Waals surface area (Å²) in [5, 5.41) is 3.95. The van der Waals surface area contributed by atoms with E-state index in [0.717, 1.165) is 28.7 Å². The third kappa shape index (κ3) is 3.95. The van der Waals surface area contributed by atoms with Crippen molar-refractivity contribution < 1.29 is 0 Å². The predicted molar refractivity (Wildman–Crippen MR) is 87.6 cm³/mol. The number of alkyl halides is 1. The van der Waals surface area contributed by atoms with Crippen LogP contribution in [0.3, 0.4) is 0 Å². The summed E-state index contributed by atoms with van der Waals surface area (Å²) in [6, 6.07) is 8.31. The minimum absolute atomic E-state index is 0.316. The molecule has 0 saturated heterocycles. The second-order valence-corrected chi connectivity index (χ2v) is 6.37. The second kappa shape index (κ2) is 7.41. The van der Waals surface area contributed by atoms with E-state index < -0.39 is 0 Å². The van der Waals surface area contributed by atoms with Crippen LogP contribution in [-0.2, 0) is 12.4 Å². The molecule has 0 aliphatic carbocycles. The highest BCUT2D eigenvalue weighted by Crippen LogP contribution is 2.28. The number of aromatic nitrogens is 1. The molecule has 1 atom stereocenters. The lowest BCUT2D eigenvalue weighted by Crippen LogP contribution is -2.23. The molecule has 0 spiro atoms. The molecule has 1 aromatic carbocycles. The molecule has 20 heavy (non-hydrogen) atoms. The molecule has 1 unspecified atom stereocenters. The van der Waals surface area contributed by atoms with Gasteiger partial charge in [0.2, 0.25) is 0 Å². The molecule has 0 aliphatic rings. The zero-order valence-corrected chi connectivity index (χ0v) is 14.0. The summed E-state index contributed by atoms with van der Waals surface area (Å²) in [5.41, 5.74) is 2.17. The molecular formula is C15H18Cl2N2S. The molecule has 2 aromatic rings. The van der Waals surface area contributed by atoms with E-state index in [9.17, 15) is 0 Å². The van der Waals surface area contributed by atoms with E-state index in [1.165, 1.54) is 5.56 Å². The molecule has 2 rings (SSSR count). The summed E-state index contributed by atoms with van der Waals surface area (Å²) in [4.78, 5) is 6.91. The topological polar surface area (TPSA) is 16.1 Å². The molecule has 0 aliphatic heterocycles. The Labute approximate surface area is 134 Å². The predicted octanol–water partition coefficient (Wildman–Crippen LogP) is 5.12. The summed E-state index contributed by atoms with van der Waals surface area (Å²) in [6.45, 7) is 3.04. The van der Waals surface area contributed by atoms with E-state index in [0.29, 0.717) is 11.9 Å². The van der Waals surface area contributed by atoms with Gasteiger partial charge in [-0.1, -0.05) is 30.7 Å². The van der Waals surface area contributed by atoms with Crippen molar-refractivity contribution in [1.29, 1.82) is 0 Å². The van der Waals surface area contributed by atoms with Crippen molar-refractivity contribution in [2.24, 2.45) is 0 Å². The first-order valence-electron chi connectivity index (χ1n) is 6.59. The first kappa shape index (κ1) is 15.8. The van der Waals surface area contributed by atoms with Gasteiger partial charge in [0, 0.05) is 16.9 Å². The number of thiazole rings is 1. The minimum Gasteiger partial charge on any atom is -0.293 e. The smallest absolute Gasteiger partial charge is 0.110 e. The van der Waals surface area contributed by atoms with Crippen LogP contribution >= 0.6 is 34.5 Å². The summed E-state index contributed by atoms with van der Waals surface area (Å²) in [7, 11) is 2.12. The van der Waals surface area contributed by atoms with Gasteiger partial charge in [0.25, 0.3) is 0 Å². The van der Waals surface area contributed by atoms with Crippen LogP contribution in [0, 0.1) is 0 Å². The van der Waals surface area contributed by atoms with E-state index in [-0.39, 0.29) is 0 Å². The molecule has 108 valence electrons. The first-order chi connectivity index (χ1) is 9.63. The monoisotopic (exact) mass is 328 g/mol. The second-order valence-electron chi connectivity index (χ2n) is 4.78. The van der Waals surface area contributed by atoms with E-state index in [2.05, 4.69) is 29.9 Å². The van der Waals surface area contributed by atoms with Gasteiger partial charge in [-0.25, -0.2) is 4.98 Å². The average molecular weight is 329 g/mol. The van der Waals surface area contributed by atoms with Crippen molar-refractivity contribution in [2.75, 3.05) is 7.05 Å². The molecule has 0 amide bonds. The summed E-state index contributed by atoms with van der Waals surface area (Å²) in [5.74, 6) is 0.477.